The van der Waals surface area contributed by atoms with Crippen LogP contribution in [-0.4, -0.2) is 24.2 Å². The van der Waals surface area contributed by atoms with E-state index >= 15 is 0 Å². The Morgan fingerprint density at radius 3 is 2.39 bits per heavy atom. The van der Waals surface area contributed by atoms with Crippen LogP contribution >= 0.6 is 0 Å². The summed E-state index contributed by atoms with van der Waals surface area (Å²) in [6.45, 7) is 6.79. The van der Waals surface area contributed by atoms with Gasteiger partial charge in [-0.25, -0.2) is 4.79 Å². The molecule has 4 fully saturated rings. The molecule has 4 aliphatic carbocycles. The standard InChI is InChI=1S/C26H37NO4/c1-25(2,3)31-23(28)10-9-22-20-11-19-12-21(22)15-26(13-19,14-20)17-27-24(29)30-16-18-7-5-4-6-8-18/h4-8,19-22H,9-17H2,1-3H3,(H,27,29)/t19?,20-,21+,22?,26?. The van der Waals surface area contributed by atoms with Crippen LogP contribution < -0.4 is 5.32 Å². The highest BCUT2D eigenvalue weighted by Crippen LogP contribution is 2.62. The van der Waals surface area contributed by atoms with Gasteiger partial charge < -0.3 is 14.8 Å². The van der Waals surface area contributed by atoms with Crippen molar-refractivity contribution in [2.24, 2.45) is 29.1 Å². The first kappa shape index (κ1) is 22.2. The van der Waals surface area contributed by atoms with Gasteiger partial charge in [0.15, 0.2) is 0 Å². The molecule has 1 aromatic carbocycles. The minimum Gasteiger partial charge on any atom is -0.460 e. The van der Waals surface area contributed by atoms with Crippen LogP contribution in [0.4, 0.5) is 4.79 Å². The number of amides is 1. The van der Waals surface area contributed by atoms with Crippen molar-refractivity contribution >= 4 is 12.1 Å². The molecule has 0 aliphatic heterocycles. The van der Waals surface area contributed by atoms with E-state index in [2.05, 4.69) is 5.32 Å². The lowest BCUT2D eigenvalue weighted by Gasteiger charge is -2.60. The van der Waals surface area contributed by atoms with E-state index in [-0.39, 0.29) is 17.5 Å². The van der Waals surface area contributed by atoms with Crippen LogP contribution in [0.2, 0.25) is 0 Å². The lowest BCUT2D eigenvalue weighted by atomic mass is 9.45. The number of carbonyl (C=O) groups is 2. The number of benzene rings is 1. The predicted octanol–water partition coefficient (Wildman–Crippen LogP) is 5.48. The van der Waals surface area contributed by atoms with Crippen LogP contribution in [0.3, 0.4) is 0 Å². The molecular formula is C26H37NO4. The number of ether oxygens (including phenoxy) is 2. The fraction of sp³-hybridized carbons (Fsp3) is 0.692. The van der Waals surface area contributed by atoms with Gasteiger partial charge in [0.05, 0.1) is 0 Å². The second-order valence-corrected chi connectivity index (χ2v) is 11.2. The molecule has 0 heterocycles. The lowest BCUT2D eigenvalue weighted by Crippen LogP contribution is -2.54. The summed E-state index contributed by atoms with van der Waals surface area (Å²) in [5.74, 6) is 2.69. The maximum atomic E-state index is 12.3. The monoisotopic (exact) mass is 427 g/mol. The number of esters is 1. The van der Waals surface area contributed by atoms with Gasteiger partial charge in [-0.3, -0.25) is 4.79 Å². The highest BCUT2D eigenvalue weighted by molar-refractivity contribution is 5.69. The third-order valence-electron chi connectivity index (χ3n) is 7.52. The van der Waals surface area contributed by atoms with E-state index in [1.165, 1.54) is 19.3 Å². The fourth-order valence-electron chi connectivity index (χ4n) is 6.70. The molecule has 0 radical (unpaired) electrons. The van der Waals surface area contributed by atoms with Gasteiger partial charge >= 0.3 is 12.1 Å². The van der Waals surface area contributed by atoms with Crippen molar-refractivity contribution in [3.8, 4) is 0 Å². The van der Waals surface area contributed by atoms with Crippen molar-refractivity contribution in [2.75, 3.05) is 6.54 Å². The summed E-state index contributed by atoms with van der Waals surface area (Å²) in [5.41, 5.74) is 0.803. The van der Waals surface area contributed by atoms with E-state index in [1.807, 2.05) is 51.1 Å². The molecule has 0 spiro atoms. The van der Waals surface area contributed by atoms with E-state index in [1.54, 1.807) is 0 Å². The predicted molar refractivity (Wildman–Crippen MR) is 119 cm³/mol. The molecule has 170 valence electrons. The molecule has 1 N–H and O–H groups in total. The van der Waals surface area contributed by atoms with Crippen molar-refractivity contribution in [1.82, 2.24) is 5.32 Å². The summed E-state index contributed by atoms with van der Waals surface area (Å²) in [4.78, 5) is 24.5. The fourth-order valence-corrected chi connectivity index (χ4v) is 6.70. The summed E-state index contributed by atoms with van der Waals surface area (Å²) in [7, 11) is 0. The van der Waals surface area contributed by atoms with Gasteiger partial charge in [0, 0.05) is 13.0 Å². The van der Waals surface area contributed by atoms with Gasteiger partial charge in [-0.2, -0.15) is 0 Å². The number of nitrogens with one attached hydrogen (secondary N) is 1. The first-order valence-electron chi connectivity index (χ1n) is 11.9. The van der Waals surface area contributed by atoms with Gasteiger partial charge in [-0.05, 0) is 93.9 Å². The van der Waals surface area contributed by atoms with Crippen LogP contribution in [0.15, 0.2) is 30.3 Å². The van der Waals surface area contributed by atoms with Crippen molar-refractivity contribution in [2.45, 2.75) is 77.9 Å². The largest absolute Gasteiger partial charge is 0.460 e. The summed E-state index contributed by atoms with van der Waals surface area (Å²) < 4.78 is 10.9. The van der Waals surface area contributed by atoms with E-state index < -0.39 is 5.60 Å². The first-order valence-corrected chi connectivity index (χ1v) is 11.9. The topological polar surface area (TPSA) is 64.6 Å². The molecule has 4 aliphatic rings. The van der Waals surface area contributed by atoms with E-state index in [0.29, 0.717) is 37.3 Å². The van der Waals surface area contributed by atoms with Gasteiger partial charge in [0.25, 0.3) is 0 Å². The molecule has 4 saturated carbocycles. The molecule has 4 bridgehead atoms. The number of hydrogen-bond acceptors (Lipinski definition) is 4. The maximum Gasteiger partial charge on any atom is 0.407 e. The van der Waals surface area contributed by atoms with Crippen LogP contribution in [0.1, 0.15) is 71.3 Å². The summed E-state index contributed by atoms with van der Waals surface area (Å²) in [5, 5.41) is 3.07. The number of alkyl carbamates (subject to hydrolysis) is 1. The van der Waals surface area contributed by atoms with E-state index in [9.17, 15) is 9.59 Å². The molecule has 0 saturated heterocycles. The molecule has 5 rings (SSSR count). The second kappa shape index (κ2) is 8.84. The maximum absolute atomic E-state index is 12.3. The summed E-state index contributed by atoms with van der Waals surface area (Å²) in [6, 6.07) is 9.78. The zero-order chi connectivity index (χ0) is 22.1. The quantitative estimate of drug-likeness (QED) is 0.586. The van der Waals surface area contributed by atoms with Gasteiger partial charge in [0.2, 0.25) is 0 Å². The van der Waals surface area contributed by atoms with Gasteiger partial charge in [-0.1, -0.05) is 30.3 Å². The number of carbonyl (C=O) groups excluding carboxylic acids is 2. The Hall–Kier alpha value is -2.04. The first-order chi connectivity index (χ1) is 14.7. The van der Waals surface area contributed by atoms with Crippen molar-refractivity contribution in [1.29, 1.82) is 0 Å². The van der Waals surface area contributed by atoms with Gasteiger partial charge in [-0.15, -0.1) is 0 Å². The SMILES string of the molecule is CC(C)(C)OC(=O)CCC1[C@@H]2CC3C[C@H]1CC(CNC(=O)OCc1ccccc1)(C3)C2. The highest BCUT2D eigenvalue weighted by Gasteiger charge is 2.55. The zero-order valence-electron chi connectivity index (χ0n) is 19.2. The average molecular weight is 428 g/mol. The van der Waals surface area contributed by atoms with Crippen molar-refractivity contribution in [3.05, 3.63) is 35.9 Å². The Kier molecular flexibility index (Phi) is 6.32. The Bertz CT molecular complexity index is 768. The molecule has 1 aromatic rings. The Labute approximate surface area is 186 Å². The third-order valence-corrected chi connectivity index (χ3v) is 7.52. The molecule has 1 amide bonds. The molecule has 5 heteroatoms. The van der Waals surface area contributed by atoms with Crippen LogP contribution in [0.25, 0.3) is 0 Å². The smallest absolute Gasteiger partial charge is 0.407 e. The Balaban J connectivity index is 1.27. The minimum atomic E-state index is -0.411. The van der Waals surface area contributed by atoms with E-state index in [4.69, 9.17) is 9.47 Å². The van der Waals surface area contributed by atoms with Crippen molar-refractivity contribution in [3.63, 3.8) is 0 Å². The highest BCUT2D eigenvalue weighted by atomic mass is 16.6. The normalized spacial score (nSPS) is 31.3. The molecule has 3 unspecified atom stereocenters. The van der Waals surface area contributed by atoms with Crippen LogP contribution in [0.5, 0.6) is 0 Å². The van der Waals surface area contributed by atoms with E-state index in [0.717, 1.165) is 30.7 Å². The van der Waals surface area contributed by atoms with Crippen molar-refractivity contribution < 1.29 is 19.1 Å². The summed E-state index contributed by atoms with van der Waals surface area (Å²) >= 11 is 0. The molecule has 5 atom stereocenters. The molecule has 31 heavy (non-hydrogen) atoms. The number of hydrogen-bond donors (Lipinski definition) is 1. The Morgan fingerprint density at radius 1 is 1.06 bits per heavy atom. The summed E-state index contributed by atoms with van der Waals surface area (Å²) in [6.07, 6.45) is 7.27. The molecule has 0 aromatic heterocycles. The molecule has 5 nitrogen and oxygen atoms in total. The van der Waals surface area contributed by atoms with Crippen LogP contribution in [-0.2, 0) is 20.9 Å². The average Bonchev–Trinajstić information content (AvgIpc) is 2.69. The lowest BCUT2D eigenvalue weighted by molar-refractivity contribution is -0.156. The van der Waals surface area contributed by atoms with Crippen LogP contribution in [0, 0.1) is 29.1 Å². The second-order valence-electron chi connectivity index (χ2n) is 11.2. The number of rotatable bonds is 7. The molecular weight excluding hydrogens is 390 g/mol. The van der Waals surface area contributed by atoms with Gasteiger partial charge in [0.1, 0.15) is 12.2 Å². The minimum absolute atomic E-state index is 0.0705. The Morgan fingerprint density at radius 2 is 1.74 bits per heavy atom. The zero-order valence-corrected chi connectivity index (χ0v) is 19.2. The third kappa shape index (κ3) is 5.61.